The predicted octanol–water partition coefficient (Wildman–Crippen LogP) is 1.04. The SMILES string of the molecule is Cc1ccc2c(c1)CC(CN1CCC(=O)NC(C)C1=O)O2. The minimum atomic E-state index is -0.453. The summed E-state index contributed by atoms with van der Waals surface area (Å²) in [7, 11) is 0. The monoisotopic (exact) mass is 288 g/mol. The number of fused-ring (bicyclic) bond motifs is 1. The van der Waals surface area contributed by atoms with E-state index in [-0.39, 0.29) is 17.9 Å². The maximum absolute atomic E-state index is 12.3. The molecule has 2 unspecified atom stereocenters. The van der Waals surface area contributed by atoms with Crippen LogP contribution in [0.2, 0.25) is 0 Å². The van der Waals surface area contributed by atoms with Crippen LogP contribution in [0.1, 0.15) is 24.5 Å². The van der Waals surface area contributed by atoms with E-state index in [9.17, 15) is 9.59 Å². The molecular weight excluding hydrogens is 268 g/mol. The van der Waals surface area contributed by atoms with E-state index in [0.717, 1.165) is 12.2 Å². The van der Waals surface area contributed by atoms with E-state index in [2.05, 4.69) is 18.3 Å². The largest absolute Gasteiger partial charge is 0.488 e. The van der Waals surface area contributed by atoms with Crippen LogP contribution in [0.25, 0.3) is 0 Å². The molecule has 1 aromatic carbocycles. The van der Waals surface area contributed by atoms with Crippen molar-refractivity contribution in [2.45, 2.75) is 38.8 Å². The summed E-state index contributed by atoms with van der Waals surface area (Å²) in [5.74, 6) is 0.816. The molecule has 21 heavy (non-hydrogen) atoms. The maximum Gasteiger partial charge on any atom is 0.245 e. The van der Waals surface area contributed by atoms with Gasteiger partial charge in [-0.1, -0.05) is 17.7 Å². The molecule has 1 aromatic rings. The second kappa shape index (κ2) is 5.39. The number of carbonyl (C=O) groups excluding carboxylic acids is 2. The molecule has 2 amide bonds. The van der Waals surface area contributed by atoms with Crippen molar-refractivity contribution in [1.82, 2.24) is 10.2 Å². The second-order valence-electron chi connectivity index (χ2n) is 5.88. The first-order valence-corrected chi connectivity index (χ1v) is 7.37. The summed E-state index contributed by atoms with van der Waals surface area (Å²) < 4.78 is 5.92. The van der Waals surface area contributed by atoms with Gasteiger partial charge in [-0.05, 0) is 25.5 Å². The van der Waals surface area contributed by atoms with E-state index < -0.39 is 6.04 Å². The highest BCUT2D eigenvalue weighted by Crippen LogP contribution is 2.30. The van der Waals surface area contributed by atoms with E-state index in [1.165, 1.54) is 11.1 Å². The number of amides is 2. The fourth-order valence-corrected chi connectivity index (χ4v) is 2.97. The Bertz CT molecular complexity index is 585. The molecule has 1 saturated heterocycles. The van der Waals surface area contributed by atoms with Gasteiger partial charge in [0.2, 0.25) is 11.8 Å². The Kier molecular flexibility index (Phi) is 3.57. The number of nitrogens with one attached hydrogen (secondary N) is 1. The Morgan fingerprint density at radius 2 is 2.19 bits per heavy atom. The van der Waals surface area contributed by atoms with Crippen molar-refractivity contribution in [2.24, 2.45) is 0 Å². The average Bonchev–Trinajstić information content (AvgIpc) is 2.78. The Balaban J connectivity index is 1.67. The van der Waals surface area contributed by atoms with Gasteiger partial charge in [0.1, 0.15) is 17.9 Å². The topological polar surface area (TPSA) is 58.6 Å². The fourth-order valence-electron chi connectivity index (χ4n) is 2.97. The van der Waals surface area contributed by atoms with Gasteiger partial charge in [0.05, 0.1) is 6.54 Å². The van der Waals surface area contributed by atoms with Crippen LogP contribution in [0.15, 0.2) is 18.2 Å². The van der Waals surface area contributed by atoms with Crippen LogP contribution in [-0.2, 0) is 16.0 Å². The predicted molar refractivity (Wildman–Crippen MR) is 78.1 cm³/mol. The summed E-state index contributed by atoms with van der Waals surface area (Å²) in [6.45, 7) is 4.78. The molecule has 0 aromatic heterocycles. The highest BCUT2D eigenvalue weighted by molar-refractivity contribution is 5.89. The molecular formula is C16H20N2O3. The molecule has 3 rings (SSSR count). The minimum Gasteiger partial charge on any atom is -0.488 e. The molecule has 2 aliphatic heterocycles. The van der Waals surface area contributed by atoms with Crippen molar-refractivity contribution in [3.8, 4) is 5.75 Å². The van der Waals surface area contributed by atoms with Crippen LogP contribution < -0.4 is 10.1 Å². The first-order valence-electron chi connectivity index (χ1n) is 7.37. The zero-order valence-corrected chi connectivity index (χ0v) is 12.4. The van der Waals surface area contributed by atoms with Crippen LogP contribution in [-0.4, -0.2) is 41.9 Å². The van der Waals surface area contributed by atoms with Crippen molar-refractivity contribution < 1.29 is 14.3 Å². The molecule has 0 aliphatic carbocycles. The third kappa shape index (κ3) is 2.86. The third-order valence-corrected chi connectivity index (χ3v) is 4.05. The molecule has 2 atom stereocenters. The van der Waals surface area contributed by atoms with Crippen molar-refractivity contribution in [1.29, 1.82) is 0 Å². The number of aryl methyl sites for hydroxylation is 1. The standard InChI is InChI=1S/C16H20N2O3/c1-10-3-4-14-12(7-10)8-13(21-14)9-18-6-5-15(19)17-11(2)16(18)20/h3-4,7,11,13H,5-6,8-9H2,1-2H3,(H,17,19). The number of hydrogen-bond acceptors (Lipinski definition) is 3. The van der Waals surface area contributed by atoms with Gasteiger partial charge in [-0.3, -0.25) is 9.59 Å². The summed E-state index contributed by atoms with van der Waals surface area (Å²) in [6.07, 6.45) is 1.15. The van der Waals surface area contributed by atoms with E-state index >= 15 is 0 Å². The van der Waals surface area contributed by atoms with Crippen LogP contribution in [0.4, 0.5) is 0 Å². The molecule has 0 radical (unpaired) electrons. The van der Waals surface area contributed by atoms with Crippen LogP contribution in [0.5, 0.6) is 5.75 Å². The molecule has 0 spiro atoms. The van der Waals surface area contributed by atoms with Gasteiger partial charge < -0.3 is 15.0 Å². The molecule has 2 heterocycles. The molecule has 0 bridgehead atoms. The van der Waals surface area contributed by atoms with Gasteiger partial charge in [0.25, 0.3) is 0 Å². The summed E-state index contributed by atoms with van der Waals surface area (Å²) in [6, 6.07) is 5.70. The lowest BCUT2D eigenvalue weighted by Gasteiger charge is -2.25. The summed E-state index contributed by atoms with van der Waals surface area (Å²) in [5.41, 5.74) is 2.41. The van der Waals surface area contributed by atoms with Gasteiger partial charge in [0.15, 0.2) is 0 Å². The summed E-state index contributed by atoms with van der Waals surface area (Å²) in [5, 5.41) is 2.70. The van der Waals surface area contributed by atoms with E-state index in [1.807, 2.05) is 12.1 Å². The van der Waals surface area contributed by atoms with Gasteiger partial charge >= 0.3 is 0 Å². The molecule has 1 fully saturated rings. The van der Waals surface area contributed by atoms with Crippen LogP contribution >= 0.6 is 0 Å². The maximum atomic E-state index is 12.3. The first kappa shape index (κ1) is 13.9. The normalized spacial score (nSPS) is 25.1. The number of benzene rings is 1. The Labute approximate surface area is 124 Å². The Morgan fingerprint density at radius 3 is 3.00 bits per heavy atom. The summed E-state index contributed by atoms with van der Waals surface area (Å²) in [4.78, 5) is 25.5. The number of hydrogen-bond donors (Lipinski definition) is 1. The quantitative estimate of drug-likeness (QED) is 0.884. The highest BCUT2D eigenvalue weighted by Gasteiger charge is 2.31. The smallest absolute Gasteiger partial charge is 0.245 e. The fraction of sp³-hybridized carbons (Fsp3) is 0.500. The van der Waals surface area contributed by atoms with Crippen molar-refractivity contribution in [2.75, 3.05) is 13.1 Å². The second-order valence-corrected chi connectivity index (χ2v) is 5.88. The lowest BCUT2D eigenvalue weighted by atomic mass is 10.1. The number of rotatable bonds is 2. The van der Waals surface area contributed by atoms with E-state index in [1.54, 1.807) is 11.8 Å². The van der Waals surface area contributed by atoms with Crippen molar-refractivity contribution >= 4 is 11.8 Å². The average molecular weight is 288 g/mol. The van der Waals surface area contributed by atoms with Gasteiger partial charge in [0, 0.05) is 19.4 Å². The third-order valence-electron chi connectivity index (χ3n) is 4.05. The number of ether oxygens (including phenoxy) is 1. The van der Waals surface area contributed by atoms with Crippen molar-refractivity contribution in [3.05, 3.63) is 29.3 Å². The highest BCUT2D eigenvalue weighted by atomic mass is 16.5. The molecule has 2 aliphatic rings. The van der Waals surface area contributed by atoms with Gasteiger partial charge in [-0.2, -0.15) is 0 Å². The van der Waals surface area contributed by atoms with Crippen LogP contribution in [0, 0.1) is 6.92 Å². The molecule has 112 valence electrons. The molecule has 0 saturated carbocycles. The molecule has 5 nitrogen and oxygen atoms in total. The Hall–Kier alpha value is -2.04. The molecule has 1 N–H and O–H groups in total. The van der Waals surface area contributed by atoms with E-state index in [4.69, 9.17) is 4.74 Å². The van der Waals surface area contributed by atoms with E-state index in [0.29, 0.717) is 19.5 Å². The zero-order chi connectivity index (χ0) is 15.0. The zero-order valence-electron chi connectivity index (χ0n) is 12.4. The number of carbonyl (C=O) groups is 2. The lowest BCUT2D eigenvalue weighted by molar-refractivity contribution is -0.133. The Morgan fingerprint density at radius 1 is 1.38 bits per heavy atom. The molecule has 5 heteroatoms. The van der Waals surface area contributed by atoms with Gasteiger partial charge in [-0.25, -0.2) is 0 Å². The van der Waals surface area contributed by atoms with Gasteiger partial charge in [-0.15, -0.1) is 0 Å². The number of nitrogens with zero attached hydrogens (tertiary/aromatic N) is 1. The first-order chi connectivity index (χ1) is 10.0. The van der Waals surface area contributed by atoms with Crippen LogP contribution in [0.3, 0.4) is 0 Å². The summed E-state index contributed by atoms with van der Waals surface area (Å²) >= 11 is 0. The minimum absolute atomic E-state index is 0.0221. The van der Waals surface area contributed by atoms with Crippen molar-refractivity contribution in [3.63, 3.8) is 0 Å². The lowest BCUT2D eigenvalue weighted by Crippen LogP contribution is -2.45.